The first-order chi connectivity index (χ1) is 14.3. The Hall–Kier alpha value is -3.63. The van der Waals surface area contributed by atoms with Gasteiger partial charge >= 0.3 is 0 Å². The molecule has 0 amide bonds. The molecule has 138 valence electrons. The molecule has 0 radical (unpaired) electrons. The second-order valence-corrected chi connectivity index (χ2v) is 7.32. The Morgan fingerprint density at radius 2 is 1.72 bits per heavy atom. The Bertz CT molecular complexity index is 1520. The van der Waals surface area contributed by atoms with Crippen molar-refractivity contribution in [2.24, 2.45) is 0 Å². The minimum absolute atomic E-state index is 0.645. The lowest BCUT2D eigenvalue weighted by atomic mass is 10.1. The number of benzene rings is 2. The average Bonchev–Trinajstić information content (AvgIpc) is 3.33. The van der Waals surface area contributed by atoms with Crippen LogP contribution < -0.4 is 0 Å². The van der Waals surface area contributed by atoms with Gasteiger partial charge in [-0.2, -0.15) is 0 Å². The molecule has 5 heteroatoms. The van der Waals surface area contributed by atoms with Crippen LogP contribution in [0.2, 0.25) is 5.02 Å². The highest BCUT2D eigenvalue weighted by Gasteiger charge is 2.20. The maximum absolute atomic E-state index is 6.51. The lowest BCUT2D eigenvalue weighted by molar-refractivity contribution is 0.669. The van der Waals surface area contributed by atoms with Crippen LogP contribution in [-0.2, 0) is 0 Å². The van der Waals surface area contributed by atoms with E-state index in [1.165, 1.54) is 0 Å². The summed E-state index contributed by atoms with van der Waals surface area (Å²) in [7, 11) is 0. The molecule has 0 N–H and O–H groups in total. The molecule has 6 rings (SSSR count). The molecular weight excluding hydrogens is 382 g/mol. The average molecular weight is 396 g/mol. The van der Waals surface area contributed by atoms with E-state index < -0.39 is 0 Å². The summed E-state index contributed by atoms with van der Waals surface area (Å²) in [6.45, 7) is 0. The summed E-state index contributed by atoms with van der Waals surface area (Å²) in [4.78, 5) is 9.47. The van der Waals surface area contributed by atoms with Crippen LogP contribution in [0.4, 0.5) is 0 Å². The third-order valence-electron chi connectivity index (χ3n) is 5.14. The Morgan fingerprint density at radius 1 is 0.862 bits per heavy atom. The van der Waals surface area contributed by atoms with Gasteiger partial charge in [-0.3, -0.25) is 9.38 Å². The molecule has 29 heavy (non-hydrogen) atoms. The maximum Gasteiger partial charge on any atom is 0.149 e. The predicted molar refractivity (Wildman–Crippen MR) is 116 cm³/mol. The lowest BCUT2D eigenvalue weighted by Crippen LogP contribution is -1.89. The molecule has 0 unspecified atom stereocenters. The molecule has 2 aromatic carbocycles. The van der Waals surface area contributed by atoms with Gasteiger partial charge in [-0.15, -0.1) is 0 Å². The zero-order valence-corrected chi connectivity index (χ0v) is 16.0. The van der Waals surface area contributed by atoms with Crippen LogP contribution in [0, 0.1) is 0 Å². The number of fused-ring (bicyclic) bond motifs is 4. The molecule has 0 aliphatic carbocycles. The first-order valence-electron chi connectivity index (χ1n) is 9.29. The number of para-hydroxylation sites is 1. The second-order valence-electron chi connectivity index (χ2n) is 6.88. The smallest absolute Gasteiger partial charge is 0.149 e. The molecule has 6 aromatic rings. The summed E-state index contributed by atoms with van der Waals surface area (Å²) in [5, 5.41) is 2.67. The van der Waals surface area contributed by atoms with E-state index in [4.69, 9.17) is 21.0 Å². The quantitative estimate of drug-likeness (QED) is 0.331. The minimum Gasteiger partial charge on any atom is -0.455 e. The van der Waals surface area contributed by atoms with Gasteiger partial charge in [-0.25, -0.2) is 4.98 Å². The Morgan fingerprint density at radius 3 is 2.62 bits per heavy atom. The molecule has 4 heterocycles. The number of nitrogens with zero attached hydrogens (tertiary/aromatic N) is 3. The van der Waals surface area contributed by atoms with Gasteiger partial charge in [0.2, 0.25) is 0 Å². The minimum atomic E-state index is 0.645. The summed E-state index contributed by atoms with van der Waals surface area (Å²) in [5.41, 5.74) is 5.09. The van der Waals surface area contributed by atoms with Crippen molar-refractivity contribution >= 4 is 39.1 Å². The molecule has 4 aromatic heterocycles. The molecule has 0 atom stereocenters. The first-order valence-corrected chi connectivity index (χ1v) is 9.67. The van der Waals surface area contributed by atoms with Crippen molar-refractivity contribution in [2.45, 2.75) is 0 Å². The van der Waals surface area contributed by atoms with Gasteiger partial charge in [0.05, 0.1) is 16.8 Å². The Labute approximate surface area is 171 Å². The van der Waals surface area contributed by atoms with Crippen molar-refractivity contribution in [1.82, 2.24) is 14.4 Å². The van der Waals surface area contributed by atoms with Gasteiger partial charge in [0, 0.05) is 28.2 Å². The standard InChI is InChI=1S/C24H14ClN3O/c25-15-13-17-16-7-1-2-10-21(16)29-23(17)18(14-15)24-27-22(19-8-3-5-11-26-19)20-9-4-6-12-28(20)24/h1-14H. The highest BCUT2D eigenvalue weighted by atomic mass is 35.5. The second kappa shape index (κ2) is 6.19. The number of pyridine rings is 2. The maximum atomic E-state index is 6.51. The third-order valence-corrected chi connectivity index (χ3v) is 5.36. The van der Waals surface area contributed by atoms with Crippen molar-refractivity contribution in [3.63, 3.8) is 0 Å². The van der Waals surface area contributed by atoms with Crippen LogP contribution >= 0.6 is 11.6 Å². The molecule has 0 aliphatic heterocycles. The number of rotatable bonds is 2. The molecule has 0 bridgehead atoms. The van der Waals surface area contributed by atoms with Gasteiger partial charge < -0.3 is 4.42 Å². The predicted octanol–water partition coefficient (Wildman–Crippen LogP) is 6.62. The van der Waals surface area contributed by atoms with E-state index in [1.54, 1.807) is 6.20 Å². The molecule has 4 nitrogen and oxygen atoms in total. The van der Waals surface area contributed by atoms with Crippen LogP contribution in [0.3, 0.4) is 0 Å². The van der Waals surface area contributed by atoms with Gasteiger partial charge in [-0.05, 0) is 42.5 Å². The third kappa shape index (κ3) is 2.46. The van der Waals surface area contributed by atoms with E-state index in [2.05, 4.69) is 9.38 Å². The van der Waals surface area contributed by atoms with E-state index in [1.807, 2.05) is 79.0 Å². The summed E-state index contributed by atoms with van der Waals surface area (Å²) < 4.78 is 8.29. The van der Waals surface area contributed by atoms with Crippen molar-refractivity contribution < 1.29 is 4.42 Å². The number of imidazole rings is 1. The Balaban J connectivity index is 1.72. The summed E-state index contributed by atoms with van der Waals surface area (Å²) in [6, 6.07) is 23.7. The van der Waals surface area contributed by atoms with Crippen molar-refractivity contribution in [2.75, 3.05) is 0 Å². The zero-order valence-electron chi connectivity index (χ0n) is 15.2. The van der Waals surface area contributed by atoms with Crippen molar-refractivity contribution in [3.8, 4) is 22.8 Å². The van der Waals surface area contributed by atoms with Crippen LogP contribution in [0.5, 0.6) is 0 Å². The number of furan rings is 1. The van der Waals surface area contributed by atoms with E-state index in [0.29, 0.717) is 5.02 Å². The fourth-order valence-corrected chi connectivity index (χ4v) is 4.10. The fourth-order valence-electron chi connectivity index (χ4n) is 3.88. The van der Waals surface area contributed by atoms with Crippen LogP contribution in [0.1, 0.15) is 0 Å². The van der Waals surface area contributed by atoms with Crippen LogP contribution in [0.15, 0.2) is 89.6 Å². The van der Waals surface area contributed by atoms with Gasteiger partial charge in [0.25, 0.3) is 0 Å². The lowest BCUT2D eigenvalue weighted by Gasteiger charge is -2.03. The Kier molecular flexibility index (Phi) is 3.49. The summed E-state index contributed by atoms with van der Waals surface area (Å²) >= 11 is 6.51. The molecular formula is C24H14ClN3O. The number of halogens is 1. The van der Waals surface area contributed by atoms with E-state index >= 15 is 0 Å². The van der Waals surface area contributed by atoms with Gasteiger partial charge in [-0.1, -0.05) is 41.9 Å². The molecule has 0 aliphatic rings. The van der Waals surface area contributed by atoms with Gasteiger partial charge in [0.15, 0.2) is 0 Å². The topological polar surface area (TPSA) is 43.3 Å². The van der Waals surface area contributed by atoms with Crippen molar-refractivity contribution in [3.05, 3.63) is 90.2 Å². The number of hydrogen-bond acceptors (Lipinski definition) is 3. The summed E-state index contributed by atoms with van der Waals surface area (Å²) in [6.07, 6.45) is 3.78. The normalized spacial score (nSPS) is 11.6. The molecule has 0 spiro atoms. The molecule has 0 fully saturated rings. The molecule has 0 saturated carbocycles. The largest absolute Gasteiger partial charge is 0.455 e. The van der Waals surface area contributed by atoms with Crippen molar-refractivity contribution in [1.29, 1.82) is 0 Å². The monoisotopic (exact) mass is 395 g/mol. The van der Waals surface area contributed by atoms with E-state index in [0.717, 1.165) is 50.2 Å². The highest BCUT2D eigenvalue weighted by molar-refractivity contribution is 6.32. The number of hydrogen-bond donors (Lipinski definition) is 0. The molecule has 0 saturated heterocycles. The first kappa shape index (κ1) is 16.3. The summed E-state index contributed by atoms with van der Waals surface area (Å²) in [5.74, 6) is 0.771. The van der Waals surface area contributed by atoms with Crippen LogP contribution in [-0.4, -0.2) is 14.4 Å². The van der Waals surface area contributed by atoms with E-state index in [9.17, 15) is 0 Å². The number of aromatic nitrogens is 3. The van der Waals surface area contributed by atoms with Crippen LogP contribution in [0.25, 0.3) is 50.2 Å². The van der Waals surface area contributed by atoms with E-state index in [-0.39, 0.29) is 0 Å². The highest BCUT2D eigenvalue weighted by Crippen LogP contribution is 2.39. The fraction of sp³-hybridized carbons (Fsp3) is 0. The van der Waals surface area contributed by atoms with Gasteiger partial charge in [0.1, 0.15) is 22.7 Å². The SMILES string of the molecule is Clc1cc(-c2nc(-c3ccccn3)c3ccccn23)c2oc3ccccc3c2c1. The zero-order chi connectivity index (χ0) is 19.4.